The number of carbonyl (C=O) groups is 1. The van der Waals surface area contributed by atoms with Crippen molar-refractivity contribution in [2.75, 3.05) is 27.2 Å². The second kappa shape index (κ2) is 23.5. The first-order valence-corrected chi connectivity index (χ1v) is 16.2. The highest BCUT2D eigenvalue weighted by molar-refractivity contribution is 5.73. The number of carboxylic acid groups (broad SMARTS) is 1. The third-order valence-electron chi connectivity index (χ3n) is 7.71. The first kappa shape index (κ1) is 36.6. The Kier molecular flexibility index (Phi) is 22.7. The number of carboxylic acids is 1. The number of quaternary nitrogens is 1. The van der Waals surface area contributed by atoms with Gasteiger partial charge in [-0.3, -0.25) is 0 Å². The smallest absolute Gasteiger partial charge is 0.0782 e. The molecule has 0 aliphatic carbocycles. The highest BCUT2D eigenvalue weighted by atomic mass is 16.4. The lowest BCUT2D eigenvalue weighted by atomic mass is 9.97. The molecule has 0 bridgehead atoms. The molecule has 222 valence electrons. The lowest BCUT2D eigenvalue weighted by Crippen LogP contribution is -2.41. The fourth-order valence-corrected chi connectivity index (χ4v) is 5.01. The molecule has 1 atom stereocenters. The van der Waals surface area contributed by atoms with Gasteiger partial charge in [0.2, 0.25) is 0 Å². The molecule has 0 fully saturated rings. The first-order valence-electron chi connectivity index (χ1n) is 16.2. The summed E-state index contributed by atoms with van der Waals surface area (Å²) in [4.78, 5) is 10.7. The Hall–Kier alpha value is -1.35. The van der Waals surface area contributed by atoms with E-state index in [0.717, 1.165) is 12.0 Å². The summed E-state index contributed by atoms with van der Waals surface area (Å²) >= 11 is 0. The summed E-state index contributed by atoms with van der Waals surface area (Å²) in [6, 6.07) is 7.74. The van der Waals surface area contributed by atoms with E-state index in [9.17, 15) is 9.90 Å². The van der Waals surface area contributed by atoms with Crippen LogP contribution in [0.25, 0.3) is 0 Å². The van der Waals surface area contributed by atoms with Gasteiger partial charge in [0.05, 0.1) is 27.2 Å². The molecule has 3 heteroatoms. The second-order valence-corrected chi connectivity index (χ2v) is 12.7. The van der Waals surface area contributed by atoms with Crippen molar-refractivity contribution in [1.82, 2.24) is 0 Å². The summed E-state index contributed by atoms with van der Waals surface area (Å²) in [6.07, 6.45) is 24.1. The molecule has 0 aliphatic heterocycles. The molecule has 1 unspecified atom stereocenters. The number of hydrogen-bond donors (Lipinski definition) is 0. The molecule has 1 aromatic rings. The van der Waals surface area contributed by atoms with E-state index < -0.39 is 11.9 Å². The van der Waals surface area contributed by atoms with E-state index in [2.05, 4.69) is 41.8 Å². The average Bonchev–Trinajstić information content (AvgIpc) is 2.87. The minimum Gasteiger partial charge on any atom is -0.550 e. The molecular weight excluding hydrogens is 466 g/mol. The molecule has 1 aromatic carbocycles. The van der Waals surface area contributed by atoms with E-state index in [0.29, 0.717) is 5.92 Å². The molecule has 0 saturated carbocycles. The lowest BCUT2D eigenvalue weighted by molar-refractivity contribution is -0.890. The van der Waals surface area contributed by atoms with Gasteiger partial charge in [-0.05, 0) is 49.1 Å². The van der Waals surface area contributed by atoms with Gasteiger partial charge in [-0.25, -0.2) is 0 Å². The summed E-state index contributed by atoms with van der Waals surface area (Å²) in [7, 11) is 4.87. The third kappa shape index (κ3) is 21.6. The van der Waals surface area contributed by atoms with Gasteiger partial charge in [0, 0.05) is 11.9 Å². The zero-order valence-electron chi connectivity index (χ0n) is 26.7. The van der Waals surface area contributed by atoms with E-state index >= 15 is 0 Å². The van der Waals surface area contributed by atoms with E-state index in [1.54, 1.807) is 6.92 Å². The minimum absolute atomic E-state index is 0.530. The molecule has 0 saturated heterocycles. The number of nitrogens with zero attached hydrogens (tertiary/aromatic N) is 1. The fourth-order valence-electron chi connectivity index (χ4n) is 5.01. The molecule has 0 heterocycles. The van der Waals surface area contributed by atoms with Gasteiger partial charge in [0.25, 0.3) is 0 Å². The maximum absolute atomic E-state index is 10.7. The van der Waals surface area contributed by atoms with Crippen LogP contribution >= 0.6 is 0 Å². The molecule has 0 radical (unpaired) electrons. The summed E-state index contributed by atoms with van der Waals surface area (Å²) in [5.41, 5.74) is 2.06. The number of aliphatic carboxylic acids is 1. The van der Waals surface area contributed by atoms with Gasteiger partial charge in [-0.15, -0.1) is 0 Å². The highest BCUT2D eigenvalue weighted by Gasteiger charge is 2.13. The standard InChI is InChI=1S/C22H48N.C13H18O2/c1-5-7-9-11-13-15-17-19-21-23(3,4)22-20-18-16-14-12-10-8-6-2;1-9(2)8-11-4-6-12(7-5-11)10(3)13(14)15/h5-22H2,1-4H3;4-7,9-10H,8H2,1-3H3,(H,14,15)/q+1;/p-1. The molecule has 3 nitrogen and oxygen atoms in total. The third-order valence-corrected chi connectivity index (χ3v) is 7.71. The van der Waals surface area contributed by atoms with Crippen LogP contribution in [0.4, 0.5) is 0 Å². The van der Waals surface area contributed by atoms with E-state index in [4.69, 9.17) is 0 Å². The van der Waals surface area contributed by atoms with Crippen molar-refractivity contribution in [2.24, 2.45) is 5.92 Å². The highest BCUT2D eigenvalue weighted by Crippen LogP contribution is 2.17. The van der Waals surface area contributed by atoms with Gasteiger partial charge in [0.15, 0.2) is 0 Å². The van der Waals surface area contributed by atoms with Gasteiger partial charge in [-0.2, -0.15) is 0 Å². The van der Waals surface area contributed by atoms with Crippen LogP contribution in [-0.4, -0.2) is 37.6 Å². The second-order valence-electron chi connectivity index (χ2n) is 12.7. The van der Waals surface area contributed by atoms with Crippen LogP contribution in [0.15, 0.2) is 24.3 Å². The molecule has 1 rings (SSSR count). The number of carbonyl (C=O) groups excluding carboxylic acids is 1. The van der Waals surface area contributed by atoms with Crippen molar-refractivity contribution in [3.63, 3.8) is 0 Å². The Bertz CT molecular complexity index is 643. The molecule has 0 amide bonds. The molecule has 0 aliphatic rings. The summed E-state index contributed by atoms with van der Waals surface area (Å²) in [6.45, 7) is 13.3. The maximum atomic E-state index is 10.7. The van der Waals surface area contributed by atoms with Gasteiger partial charge >= 0.3 is 0 Å². The SMILES string of the molecule is CC(C)Cc1ccc(C(C)C(=O)[O-])cc1.CCCCCCCCCC[N+](C)(C)CCCCCCCCCC. The Morgan fingerprint density at radius 1 is 0.658 bits per heavy atom. The van der Waals surface area contributed by atoms with Crippen molar-refractivity contribution in [2.45, 2.75) is 150 Å². The van der Waals surface area contributed by atoms with Crippen molar-refractivity contribution in [3.8, 4) is 0 Å². The maximum Gasteiger partial charge on any atom is 0.0782 e. The summed E-state index contributed by atoms with van der Waals surface area (Å²) in [5, 5.41) is 10.7. The van der Waals surface area contributed by atoms with Gasteiger partial charge in [0.1, 0.15) is 0 Å². The molecule has 0 N–H and O–H groups in total. The Morgan fingerprint density at radius 3 is 1.37 bits per heavy atom. The average molecular weight is 532 g/mol. The predicted octanol–water partition coefficient (Wildman–Crippen LogP) is 9.08. The van der Waals surface area contributed by atoms with E-state index in [1.807, 2.05) is 24.3 Å². The molecular formula is C35H65NO2. The molecule has 38 heavy (non-hydrogen) atoms. The first-order chi connectivity index (χ1) is 18.1. The summed E-state index contributed by atoms with van der Waals surface area (Å²) in [5.74, 6) is -0.931. The van der Waals surface area contributed by atoms with Crippen LogP contribution in [0.5, 0.6) is 0 Å². The Labute approximate surface area is 238 Å². The number of unbranched alkanes of at least 4 members (excludes halogenated alkanes) is 14. The Balaban J connectivity index is 0.000000784. The van der Waals surface area contributed by atoms with Crippen molar-refractivity contribution in [1.29, 1.82) is 0 Å². The Morgan fingerprint density at radius 2 is 1.03 bits per heavy atom. The van der Waals surface area contributed by atoms with E-state index in [-0.39, 0.29) is 0 Å². The number of hydrogen-bond acceptors (Lipinski definition) is 2. The van der Waals surface area contributed by atoms with Crippen LogP contribution in [0.1, 0.15) is 154 Å². The number of rotatable bonds is 22. The minimum atomic E-state index is -1.02. The van der Waals surface area contributed by atoms with Crippen LogP contribution in [0.2, 0.25) is 0 Å². The quantitative estimate of drug-likeness (QED) is 0.111. The van der Waals surface area contributed by atoms with Crippen molar-refractivity contribution < 1.29 is 14.4 Å². The monoisotopic (exact) mass is 532 g/mol. The molecule has 0 aromatic heterocycles. The topological polar surface area (TPSA) is 40.1 Å². The predicted molar refractivity (Wildman–Crippen MR) is 165 cm³/mol. The van der Waals surface area contributed by atoms with Crippen molar-refractivity contribution >= 4 is 5.97 Å². The van der Waals surface area contributed by atoms with Gasteiger partial charge < -0.3 is 14.4 Å². The van der Waals surface area contributed by atoms with Crippen LogP contribution < -0.4 is 5.11 Å². The zero-order chi connectivity index (χ0) is 28.7. The van der Waals surface area contributed by atoms with Crippen LogP contribution in [-0.2, 0) is 11.2 Å². The zero-order valence-corrected chi connectivity index (χ0v) is 26.7. The lowest BCUT2D eigenvalue weighted by Gasteiger charge is -2.30. The fraction of sp³-hybridized carbons (Fsp3) is 0.800. The summed E-state index contributed by atoms with van der Waals surface area (Å²) < 4.78 is 1.24. The number of benzene rings is 1. The largest absolute Gasteiger partial charge is 0.550 e. The van der Waals surface area contributed by atoms with E-state index in [1.165, 1.54) is 126 Å². The normalized spacial score (nSPS) is 12.3. The van der Waals surface area contributed by atoms with Crippen molar-refractivity contribution in [3.05, 3.63) is 35.4 Å². The van der Waals surface area contributed by atoms with Gasteiger partial charge in [-0.1, -0.05) is 136 Å². The van der Waals surface area contributed by atoms with Crippen LogP contribution in [0, 0.1) is 5.92 Å². The van der Waals surface area contributed by atoms with Crippen LogP contribution in [0.3, 0.4) is 0 Å². The molecule has 0 spiro atoms.